The number of likely N-dealkylation sites (N-methyl/N-ethyl adjacent to an activating group) is 1. The van der Waals surface area contributed by atoms with Gasteiger partial charge in [0, 0.05) is 13.0 Å². The van der Waals surface area contributed by atoms with Gasteiger partial charge in [-0.3, -0.25) is 9.36 Å². The Hall–Kier alpha value is -0.760. The van der Waals surface area contributed by atoms with Crippen molar-refractivity contribution in [3.05, 3.63) is 12.2 Å². The average Bonchev–Trinajstić information content (AvgIpc) is 3.22. The van der Waals surface area contributed by atoms with E-state index >= 15 is 0 Å². The first-order valence-corrected chi connectivity index (χ1v) is 27.9. The Morgan fingerprint density at radius 3 is 1.26 bits per heavy atom. The number of hydrogen-bond donors (Lipinski definition) is 0. The number of esters is 1. The second-order valence-corrected chi connectivity index (χ2v) is 20.7. The van der Waals surface area contributed by atoms with Gasteiger partial charge in [0.2, 0.25) is 0 Å². The zero-order chi connectivity index (χ0) is 44.8. The quantitative estimate of drug-likeness (QED) is 0.0197. The molecule has 0 spiro atoms. The summed E-state index contributed by atoms with van der Waals surface area (Å²) < 4.78 is 34.7. The lowest BCUT2D eigenvalue weighted by Crippen LogP contribution is -2.37. The van der Waals surface area contributed by atoms with Crippen molar-refractivity contribution in [2.24, 2.45) is 0 Å². The molecule has 0 saturated heterocycles. The molecule has 0 aromatic rings. The van der Waals surface area contributed by atoms with Crippen LogP contribution < -0.4 is 4.89 Å². The smallest absolute Gasteiger partial charge is 0.306 e. The van der Waals surface area contributed by atoms with Crippen LogP contribution in [0.25, 0.3) is 0 Å². The molecular formula is C52H104NO7P. The minimum absolute atomic E-state index is 0.0280. The van der Waals surface area contributed by atoms with Crippen LogP contribution in [0.15, 0.2) is 12.2 Å². The zero-order valence-electron chi connectivity index (χ0n) is 41.4. The maximum absolute atomic E-state index is 12.7. The Labute approximate surface area is 380 Å². The van der Waals surface area contributed by atoms with E-state index in [9.17, 15) is 14.3 Å². The number of nitrogens with zero attached hydrogens (tertiary/aromatic N) is 1. The van der Waals surface area contributed by atoms with Gasteiger partial charge < -0.3 is 27.9 Å². The summed E-state index contributed by atoms with van der Waals surface area (Å²) in [5, 5.41) is 0. The van der Waals surface area contributed by atoms with Gasteiger partial charge in [-0.15, -0.1) is 0 Å². The van der Waals surface area contributed by atoms with Crippen molar-refractivity contribution in [2.75, 3.05) is 54.1 Å². The van der Waals surface area contributed by atoms with E-state index in [1.54, 1.807) is 0 Å². The molecule has 2 unspecified atom stereocenters. The van der Waals surface area contributed by atoms with Gasteiger partial charge in [-0.05, 0) is 38.5 Å². The third kappa shape index (κ3) is 50.1. The van der Waals surface area contributed by atoms with Crippen molar-refractivity contribution in [3.63, 3.8) is 0 Å². The van der Waals surface area contributed by atoms with Crippen molar-refractivity contribution in [1.29, 1.82) is 0 Å². The number of carbonyl (C=O) groups excluding carboxylic acids is 1. The molecule has 0 saturated carbocycles. The molecule has 0 aliphatic carbocycles. The van der Waals surface area contributed by atoms with Crippen LogP contribution in [0, 0.1) is 0 Å². The van der Waals surface area contributed by atoms with Crippen LogP contribution in [0.5, 0.6) is 0 Å². The van der Waals surface area contributed by atoms with Gasteiger partial charge in [0.15, 0.2) is 0 Å². The minimum atomic E-state index is -4.52. The predicted octanol–water partition coefficient (Wildman–Crippen LogP) is 15.5. The predicted molar refractivity (Wildman–Crippen MR) is 259 cm³/mol. The van der Waals surface area contributed by atoms with Crippen LogP contribution in [0.2, 0.25) is 0 Å². The molecule has 61 heavy (non-hydrogen) atoms. The highest BCUT2D eigenvalue weighted by Gasteiger charge is 2.20. The number of carbonyl (C=O) groups is 1. The SMILES string of the molecule is CCCCCC/C=C\CCCCCCCC(=O)OC(COCCCCCCCCCCCCCCCCCCCCCCCCCCCC)COP(=O)([O-])OCC[N+](C)(C)C. The topological polar surface area (TPSA) is 94.1 Å². The molecule has 0 heterocycles. The molecular weight excluding hydrogens is 782 g/mol. The van der Waals surface area contributed by atoms with Crippen LogP contribution in [-0.2, 0) is 27.9 Å². The van der Waals surface area contributed by atoms with E-state index in [0.717, 1.165) is 44.9 Å². The molecule has 9 heteroatoms. The van der Waals surface area contributed by atoms with Gasteiger partial charge in [0.25, 0.3) is 7.82 Å². The second-order valence-electron chi connectivity index (χ2n) is 19.2. The molecule has 0 bridgehead atoms. The highest BCUT2D eigenvalue weighted by atomic mass is 31.2. The van der Waals surface area contributed by atoms with Crippen LogP contribution in [0.4, 0.5) is 0 Å². The maximum atomic E-state index is 12.7. The van der Waals surface area contributed by atoms with Crippen LogP contribution in [0.3, 0.4) is 0 Å². The summed E-state index contributed by atoms with van der Waals surface area (Å²) in [5.74, 6) is -0.338. The van der Waals surface area contributed by atoms with Crippen LogP contribution in [-0.4, -0.2) is 70.7 Å². The van der Waals surface area contributed by atoms with Gasteiger partial charge in [0.05, 0.1) is 34.4 Å². The van der Waals surface area contributed by atoms with E-state index in [1.165, 1.54) is 193 Å². The molecule has 2 atom stereocenters. The first-order chi connectivity index (χ1) is 29.6. The zero-order valence-corrected chi connectivity index (χ0v) is 42.3. The number of phosphoric acid groups is 1. The van der Waals surface area contributed by atoms with Crippen LogP contribution in [0.1, 0.15) is 258 Å². The van der Waals surface area contributed by atoms with Gasteiger partial charge in [0.1, 0.15) is 19.3 Å². The molecule has 0 aliphatic rings. The molecule has 364 valence electrons. The fourth-order valence-corrected chi connectivity index (χ4v) is 8.45. The van der Waals surface area contributed by atoms with E-state index in [-0.39, 0.29) is 25.8 Å². The molecule has 0 aromatic carbocycles. The summed E-state index contributed by atoms with van der Waals surface area (Å²) in [6.45, 7) is 5.44. The highest BCUT2D eigenvalue weighted by molar-refractivity contribution is 7.45. The van der Waals surface area contributed by atoms with Gasteiger partial charge in [-0.2, -0.15) is 0 Å². The molecule has 0 aromatic heterocycles. The van der Waals surface area contributed by atoms with E-state index in [2.05, 4.69) is 26.0 Å². The van der Waals surface area contributed by atoms with E-state index < -0.39 is 13.9 Å². The fourth-order valence-electron chi connectivity index (χ4n) is 7.72. The minimum Gasteiger partial charge on any atom is -0.756 e. The average molecular weight is 886 g/mol. The number of ether oxygens (including phenoxy) is 2. The van der Waals surface area contributed by atoms with Gasteiger partial charge >= 0.3 is 5.97 Å². The number of allylic oxidation sites excluding steroid dienone is 2. The number of phosphoric ester groups is 1. The van der Waals surface area contributed by atoms with Crippen molar-refractivity contribution >= 4 is 13.8 Å². The highest BCUT2D eigenvalue weighted by Crippen LogP contribution is 2.38. The molecule has 0 aliphatic heterocycles. The monoisotopic (exact) mass is 886 g/mol. The summed E-state index contributed by atoms with van der Waals surface area (Å²) in [6.07, 6.45) is 52.5. The van der Waals surface area contributed by atoms with Gasteiger partial charge in [-0.1, -0.05) is 225 Å². The summed E-state index contributed by atoms with van der Waals surface area (Å²) in [7, 11) is 1.37. The van der Waals surface area contributed by atoms with E-state index in [1.807, 2.05) is 21.1 Å². The van der Waals surface area contributed by atoms with Crippen molar-refractivity contribution in [1.82, 2.24) is 0 Å². The second kappa shape index (κ2) is 45.8. The largest absolute Gasteiger partial charge is 0.756 e. The maximum Gasteiger partial charge on any atom is 0.306 e. The summed E-state index contributed by atoms with van der Waals surface area (Å²) in [4.78, 5) is 25.1. The molecule has 0 rings (SSSR count). The Morgan fingerprint density at radius 1 is 0.492 bits per heavy atom. The van der Waals surface area contributed by atoms with E-state index in [4.69, 9.17) is 18.5 Å². The first kappa shape index (κ1) is 60.2. The molecule has 0 fully saturated rings. The van der Waals surface area contributed by atoms with Gasteiger partial charge in [-0.25, -0.2) is 0 Å². The molecule has 0 N–H and O–H groups in total. The lowest BCUT2D eigenvalue weighted by Gasteiger charge is -2.28. The Bertz CT molecular complexity index is 987. The summed E-state index contributed by atoms with van der Waals surface area (Å²) >= 11 is 0. The molecule has 0 radical (unpaired) electrons. The number of unbranched alkanes of at least 4 members (excludes halogenated alkanes) is 34. The Kier molecular flexibility index (Phi) is 45.2. The summed E-state index contributed by atoms with van der Waals surface area (Å²) in [5.41, 5.74) is 0. The number of rotatable bonds is 50. The van der Waals surface area contributed by atoms with Crippen LogP contribution >= 0.6 is 7.82 Å². The van der Waals surface area contributed by atoms with Crippen molar-refractivity contribution < 1.29 is 37.3 Å². The number of quaternary nitrogens is 1. The number of hydrogen-bond acceptors (Lipinski definition) is 7. The Balaban J connectivity index is 3.98. The lowest BCUT2D eigenvalue weighted by molar-refractivity contribution is -0.870. The molecule has 8 nitrogen and oxygen atoms in total. The summed E-state index contributed by atoms with van der Waals surface area (Å²) in [6, 6.07) is 0. The van der Waals surface area contributed by atoms with Crippen molar-refractivity contribution in [2.45, 2.75) is 264 Å². The Morgan fingerprint density at radius 2 is 0.852 bits per heavy atom. The first-order valence-electron chi connectivity index (χ1n) is 26.4. The molecule has 0 amide bonds. The van der Waals surface area contributed by atoms with E-state index in [0.29, 0.717) is 24.1 Å². The third-order valence-electron chi connectivity index (χ3n) is 11.8. The lowest BCUT2D eigenvalue weighted by atomic mass is 10.0. The normalized spacial score (nSPS) is 13.6. The standard InChI is InChI=1S/C52H104NO7P/c1-6-8-10-12-14-16-18-20-21-22-23-24-25-26-27-28-29-30-31-32-34-36-38-40-42-44-47-57-49-51(50-59-61(55,56)58-48-46-53(3,4)5)60-52(54)45-43-41-39-37-35-33-19-17-15-13-11-9-7-2/h17,19,51H,6-16,18,20-50H2,1-5H3/b19-17-. The van der Waals surface area contributed by atoms with Crippen molar-refractivity contribution in [3.8, 4) is 0 Å². The fraction of sp³-hybridized carbons (Fsp3) is 0.942. The third-order valence-corrected chi connectivity index (χ3v) is 12.8.